The van der Waals surface area contributed by atoms with Crippen LogP contribution in [0.3, 0.4) is 0 Å². The van der Waals surface area contributed by atoms with E-state index in [-0.39, 0.29) is 12.3 Å². The summed E-state index contributed by atoms with van der Waals surface area (Å²) < 4.78 is 21.6. The number of sulfone groups is 1. The van der Waals surface area contributed by atoms with Crippen molar-refractivity contribution in [3.05, 3.63) is 0 Å². The monoisotopic (exact) mass is 221 g/mol. The number of carboxylic acid groups (broad SMARTS) is 1. The molecule has 0 unspecified atom stereocenters. The molecule has 1 saturated carbocycles. The molecule has 0 aromatic rings. The molecule has 6 heteroatoms. The molecule has 0 bridgehead atoms. The standard InChI is InChI=1S/C8H15NO4S/c1-14(12,13)6-5-9-8(7(10)11)3-2-4-8/h9H,2-6H2,1H3,(H,10,11). The van der Waals surface area contributed by atoms with Crippen LogP contribution in [0.2, 0.25) is 0 Å². The molecular formula is C8H15NO4S. The van der Waals surface area contributed by atoms with Crippen LogP contribution >= 0.6 is 0 Å². The molecule has 0 saturated heterocycles. The zero-order valence-corrected chi connectivity index (χ0v) is 8.93. The zero-order valence-electron chi connectivity index (χ0n) is 8.12. The predicted octanol–water partition coefficient (Wildman–Crippen LogP) is -0.372. The molecule has 1 rings (SSSR count). The Labute approximate surface area is 83.4 Å². The third-order valence-electron chi connectivity index (χ3n) is 2.55. The number of rotatable bonds is 5. The first-order valence-electron chi connectivity index (χ1n) is 4.52. The van der Waals surface area contributed by atoms with E-state index in [0.29, 0.717) is 12.8 Å². The molecule has 14 heavy (non-hydrogen) atoms. The van der Waals surface area contributed by atoms with E-state index >= 15 is 0 Å². The molecule has 0 aliphatic heterocycles. The van der Waals surface area contributed by atoms with Gasteiger partial charge in [-0.25, -0.2) is 8.42 Å². The average Bonchev–Trinajstić information content (AvgIpc) is 1.91. The van der Waals surface area contributed by atoms with E-state index in [1.54, 1.807) is 0 Å². The Kier molecular flexibility index (Phi) is 3.16. The van der Waals surface area contributed by atoms with Gasteiger partial charge in [0.15, 0.2) is 0 Å². The third-order valence-corrected chi connectivity index (χ3v) is 3.50. The molecule has 0 radical (unpaired) electrons. The highest BCUT2D eigenvalue weighted by molar-refractivity contribution is 7.90. The molecular weight excluding hydrogens is 206 g/mol. The van der Waals surface area contributed by atoms with Gasteiger partial charge in [0.05, 0.1) is 5.75 Å². The molecule has 0 aromatic carbocycles. The van der Waals surface area contributed by atoms with Crippen molar-refractivity contribution in [1.29, 1.82) is 0 Å². The van der Waals surface area contributed by atoms with Crippen molar-refractivity contribution in [2.75, 3.05) is 18.6 Å². The SMILES string of the molecule is CS(=O)(=O)CCNC1(C(=O)O)CCC1. The van der Waals surface area contributed by atoms with Gasteiger partial charge in [-0.3, -0.25) is 4.79 Å². The summed E-state index contributed by atoms with van der Waals surface area (Å²) >= 11 is 0. The minimum absolute atomic E-state index is 0.0119. The van der Waals surface area contributed by atoms with Gasteiger partial charge in [-0.15, -0.1) is 0 Å². The smallest absolute Gasteiger partial charge is 0.323 e. The van der Waals surface area contributed by atoms with Crippen LogP contribution < -0.4 is 5.32 Å². The largest absolute Gasteiger partial charge is 0.480 e. The van der Waals surface area contributed by atoms with E-state index in [0.717, 1.165) is 12.7 Å². The summed E-state index contributed by atoms with van der Waals surface area (Å²) in [4.78, 5) is 10.8. The molecule has 1 aliphatic carbocycles. The summed E-state index contributed by atoms with van der Waals surface area (Å²) in [6.45, 7) is 0.213. The Bertz CT molecular complexity index is 318. The van der Waals surface area contributed by atoms with Gasteiger partial charge in [0.1, 0.15) is 15.4 Å². The van der Waals surface area contributed by atoms with Gasteiger partial charge < -0.3 is 10.4 Å². The van der Waals surface area contributed by atoms with Crippen molar-refractivity contribution in [3.63, 3.8) is 0 Å². The molecule has 0 amide bonds. The maximum atomic E-state index is 10.8. The van der Waals surface area contributed by atoms with Gasteiger partial charge in [0, 0.05) is 12.8 Å². The number of aliphatic carboxylic acids is 1. The number of hydrogen-bond donors (Lipinski definition) is 2. The molecule has 2 N–H and O–H groups in total. The first-order chi connectivity index (χ1) is 6.36. The lowest BCUT2D eigenvalue weighted by Crippen LogP contribution is -2.58. The van der Waals surface area contributed by atoms with Crippen LogP contribution in [0.25, 0.3) is 0 Å². The lowest BCUT2D eigenvalue weighted by molar-refractivity contribution is -0.148. The van der Waals surface area contributed by atoms with Crippen molar-refractivity contribution < 1.29 is 18.3 Å². The van der Waals surface area contributed by atoms with E-state index in [9.17, 15) is 13.2 Å². The van der Waals surface area contributed by atoms with Gasteiger partial charge >= 0.3 is 5.97 Å². The van der Waals surface area contributed by atoms with Crippen LogP contribution in [-0.4, -0.2) is 43.6 Å². The lowest BCUT2D eigenvalue weighted by Gasteiger charge is -2.38. The van der Waals surface area contributed by atoms with Crippen molar-refractivity contribution in [1.82, 2.24) is 5.32 Å². The molecule has 82 valence electrons. The van der Waals surface area contributed by atoms with Crippen LogP contribution in [0.1, 0.15) is 19.3 Å². The molecule has 0 heterocycles. The fraction of sp³-hybridized carbons (Fsp3) is 0.875. The topological polar surface area (TPSA) is 83.5 Å². The van der Waals surface area contributed by atoms with E-state index in [4.69, 9.17) is 5.11 Å². The van der Waals surface area contributed by atoms with Crippen molar-refractivity contribution >= 4 is 15.8 Å². The molecule has 0 aromatic heterocycles. The zero-order chi connectivity index (χ0) is 10.8. The fourth-order valence-corrected chi connectivity index (χ4v) is 1.95. The lowest BCUT2D eigenvalue weighted by atomic mass is 9.77. The molecule has 0 spiro atoms. The molecule has 0 atom stereocenters. The fourth-order valence-electron chi connectivity index (χ4n) is 1.47. The highest BCUT2D eigenvalue weighted by Gasteiger charge is 2.43. The summed E-state index contributed by atoms with van der Waals surface area (Å²) in [7, 11) is -3.01. The Balaban J connectivity index is 2.40. The number of carboxylic acids is 1. The summed E-state index contributed by atoms with van der Waals surface area (Å²) in [6.07, 6.45) is 3.21. The number of nitrogens with one attached hydrogen (secondary N) is 1. The minimum atomic E-state index is -3.01. The van der Waals surface area contributed by atoms with Gasteiger partial charge in [-0.1, -0.05) is 0 Å². The van der Waals surface area contributed by atoms with Crippen LogP contribution in [-0.2, 0) is 14.6 Å². The Morgan fingerprint density at radius 3 is 2.36 bits per heavy atom. The van der Waals surface area contributed by atoms with Gasteiger partial charge in [0.2, 0.25) is 0 Å². The Morgan fingerprint density at radius 1 is 1.50 bits per heavy atom. The van der Waals surface area contributed by atoms with E-state index in [1.165, 1.54) is 0 Å². The Hall–Kier alpha value is -0.620. The van der Waals surface area contributed by atoms with Crippen LogP contribution in [0.4, 0.5) is 0 Å². The maximum Gasteiger partial charge on any atom is 0.323 e. The second kappa shape index (κ2) is 3.86. The van der Waals surface area contributed by atoms with E-state index < -0.39 is 21.3 Å². The number of carbonyl (C=O) groups is 1. The highest BCUT2D eigenvalue weighted by Crippen LogP contribution is 2.31. The number of hydrogen-bond acceptors (Lipinski definition) is 4. The second-order valence-electron chi connectivity index (χ2n) is 3.80. The summed E-state index contributed by atoms with van der Waals surface area (Å²) in [5.41, 5.74) is -0.856. The second-order valence-corrected chi connectivity index (χ2v) is 6.06. The Morgan fingerprint density at radius 2 is 2.07 bits per heavy atom. The summed E-state index contributed by atoms with van der Waals surface area (Å²) in [6, 6.07) is 0. The molecule has 5 nitrogen and oxygen atoms in total. The minimum Gasteiger partial charge on any atom is -0.480 e. The first-order valence-corrected chi connectivity index (χ1v) is 6.58. The summed E-state index contributed by atoms with van der Waals surface area (Å²) in [5, 5.41) is 11.7. The van der Waals surface area contributed by atoms with Gasteiger partial charge in [-0.2, -0.15) is 0 Å². The van der Waals surface area contributed by atoms with Crippen LogP contribution in [0.15, 0.2) is 0 Å². The van der Waals surface area contributed by atoms with Crippen molar-refractivity contribution in [2.45, 2.75) is 24.8 Å². The van der Waals surface area contributed by atoms with E-state index in [1.807, 2.05) is 0 Å². The molecule has 1 aliphatic rings. The summed E-state index contributed by atoms with van der Waals surface area (Å²) in [5.74, 6) is -0.889. The quantitative estimate of drug-likeness (QED) is 0.661. The van der Waals surface area contributed by atoms with Gasteiger partial charge in [-0.05, 0) is 19.3 Å². The normalized spacial score (nSPS) is 20.1. The third kappa shape index (κ3) is 2.68. The maximum absolute atomic E-state index is 10.8. The van der Waals surface area contributed by atoms with Crippen LogP contribution in [0, 0.1) is 0 Å². The average molecular weight is 221 g/mol. The van der Waals surface area contributed by atoms with Crippen molar-refractivity contribution in [3.8, 4) is 0 Å². The molecule has 1 fully saturated rings. The van der Waals surface area contributed by atoms with E-state index in [2.05, 4.69) is 5.32 Å². The highest BCUT2D eigenvalue weighted by atomic mass is 32.2. The first kappa shape index (κ1) is 11.5. The predicted molar refractivity (Wildman–Crippen MR) is 51.9 cm³/mol. The van der Waals surface area contributed by atoms with Crippen molar-refractivity contribution in [2.24, 2.45) is 0 Å². The van der Waals surface area contributed by atoms with Gasteiger partial charge in [0.25, 0.3) is 0 Å². The van der Waals surface area contributed by atoms with Crippen LogP contribution in [0.5, 0.6) is 0 Å².